The molecule has 104 valence electrons. The molecule has 2 aromatic rings. The van der Waals surface area contributed by atoms with Crippen molar-refractivity contribution in [3.63, 3.8) is 0 Å². The van der Waals surface area contributed by atoms with Gasteiger partial charge in [-0.2, -0.15) is 4.31 Å². The SMILES string of the molecule is CN1CN(c2ccccc2)c2cc(Cl)ccc2S1(=O)=O. The van der Waals surface area contributed by atoms with Crippen molar-refractivity contribution in [1.82, 2.24) is 4.31 Å². The summed E-state index contributed by atoms with van der Waals surface area (Å²) in [6, 6.07) is 14.5. The molecule has 3 rings (SSSR count). The fourth-order valence-electron chi connectivity index (χ4n) is 2.27. The third kappa shape index (κ3) is 2.08. The molecule has 20 heavy (non-hydrogen) atoms. The predicted octanol–water partition coefficient (Wildman–Crippen LogP) is 3.07. The number of sulfonamides is 1. The van der Waals surface area contributed by atoms with Gasteiger partial charge >= 0.3 is 0 Å². The number of anilines is 2. The number of fused-ring (bicyclic) bond motifs is 1. The van der Waals surface area contributed by atoms with Crippen LogP contribution in [0.25, 0.3) is 0 Å². The molecule has 1 aliphatic rings. The van der Waals surface area contributed by atoms with E-state index in [2.05, 4.69) is 0 Å². The zero-order chi connectivity index (χ0) is 14.3. The Labute approximate surface area is 123 Å². The second kappa shape index (κ2) is 4.77. The van der Waals surface area contributed by atoms with Crippen LogP contribution in [0.4, 0.5) is 11.4 Å². The van der Waals surface area contributed by atoms with Crippen LogP contribution in [0.1, 0.15) is 0 Å². The third-order valence-corrected chi connectivity index (χ3v) is 5.38. The molecule has 1 heterocycles. The lowest BCUT2D eigenvalue weighted by Crippen LogP contribution is -2.41. The Bertz CT molecular complexity index is 747. The first-order valence-electron chi connectivity index (χ1n) is 6.08. The van der Waals surface area contributed by atoms with E-state index in [0.717, 1.165) is 5.69 Å². The summed E-state index contributed by atoms with van der Waals surface area (Å²) in [5, 5.41) is 0.518. The largest absolute Gasteiger partial charge is 0.326 e. The van der Waals surface area contributed by atoms with Gasteiger partial charge in [-0.3, -0.25) is 0 Å². The fourth-order valence-corrected chi connectivity index (χ4v) is 3.71. The molecule has 0 radical (unpaired) electrons. The van der Waals surface area contributed by atoms with E-state index < -0.39 is 10.0 Å². The van der Waals surface area contributed by atoms with E-state index in [1.807, 2.05) is 35.2 Å². The van der Waals surface area contributed by atoms with Gasteiger partial charge in [0.2, 0.25) is 10.0 Å². The third-order valence-electron chi connectivity index (χ3n) is 3.31. The van der Waals surface area contributed by atoms with Crippen LogP contribution in [-0.2, 0) is 10.0 Å². The topological polar surface area (TPSA) is 40.6 Å². The molecule has 2 aromatic carbocycles. The van der Waals surface area contributed by atoms with Crippen LogP contribution in [-0.4, -0.2) is 26.4 Å². The van der Waals surface area contributed by atoms with Crippen molar-refractivity contribution in [2.75, 3.05) is 18.6 Å². The molecule has 6 heteroatoms. The highest BCUT2D eigenvalue weighted by Crippen LogP contribution is 2.38. The summed E-state index contributed by atoms with van der Waals surface area (Å²) in [6.07, 6.45) is 0. The molecule has 1 aliphatic heterocycles. The number of nitrogens with zero attached hydrogens (tertiary/aromatic N) is 2. The second-order valence-electron chi connectivity index (χ2n) is 4.62. The van der Waals surface area contributed by atoms with Crippen molar-refractivity contribution >= 4 is 33.0 Å². The van der Waals surface area contributed by atoms with Gasteiger partial charge in [-0.05, 0) is 30.3 Å². The van der Waals surface area contributed by atoms with E-state index in [1.54, 1.807) is 25.2 Å². The number of para-hydroxylation sites is 1. The molecule has 0 N–H and O–H groups in total. The van der Waals surface area contributed by atoms with Gasteiger partial charge in [0.25, 0.3) is 0 Å². The van der Waals surface area contributed by atoms with Gasteiger partial charge in [0.05, 0.1) is 12.4 Å². The summed E-state index contributed by atoms with van der Waals surface area (Å²) in [5.74, 6) is 0. The van der Waals surface area contributed by atoms with E-state index in [1.165, 1.54) is 4.31 Å². The van der Waals surface area contributed by atoms with Gasteiger partial charge in [0.15, 0.2) is 0 Å². The van der Waals surface area contributed by atoms with Gasteiger partial charge in [0, 0.05) is 17.8 Å². The van der Waals surface area contributed by atoms with Crippen LogP contribution in [0.15, 0.2) is 53.4 Å². The summed E-state index contributed by atoms with van der Waals surface area (Å²) in [4.78, 5) is 2.21. The zero-order valence-electron chi connectivity index (χ0n) is 10.8. The van der Waals surface area contributed by atoms with E-state index in [9.17, 15) is 8.42 Å². The maximum absolute atomic E-state index is 12.3. The Balaban J connectivity index is 2.23. The van der Waals surface area contributed by atoms with Crippen LogP contribution in [0, 0.1) is 0 Å². The van der Waals surface area contributed by atoms with E-state index in [0.29, 0.717) is 10.7 Å². The molecule has 0 aromatic heterocycles. The summed E-state index contributed by atoms with van der Waals surface area (Å²) in [6.45, 7) is 0.264. The minimum absolute atomic E-state index is 0.264. The Hall–Kier alpha value is -1.56. The Kier molecular flexibility index (Phi) is 3.20. The Morgan fingerprint density at radius 1 is 1.10 bits per heavy atom. The molecule has 4 nitrogen and oxygen atoms in total. The summed E-state index contributed by atoms with van der Waals surface area (Å²) in [7, 11) is -1.87. The lowest BCUT2D eigenvalue weighted by Gasteiger charge is -2.36. The molecular weight excluding hydrogens is 296 g/mol. The second-order valence-corrected chi connectivity index (χ2v) is 7.07. The molecule has 0 spiro atoms. The quantitative estimate of drug-likeness (QED) is 0.813. The Morgan fingerprint density at radius 3 is 2.50 bits per heavy atom. The number of hydrogen-bond donors (Lipinski definition) is 0. The number of benzene rings is 2. The molecule has 0 saturated carbocycles. The molecular formula is C14H13ClN2O2S. The fraction of sp³-hybridized carbons (Fsp3) is 0.143. The molecule has 0 aliphatic carbocycles. The van der Waals surface area contributed by atoms with Crippen molar-refractivity contribution in [2.24, 2.45) is 0 Å². The van der Waals surface area contributed by atoms with Crippen LogP contribution < -0.4 is 4.90 Å². The summed E-state index contributed by atoms with van der Waals surface area (Å²) in [5.41, 5.74) is 1.54. The van der Waals surface area contributed by atoms with Gasteiger partial charge in [-0.25, -0.2) is 8.42 Å². The first-order valence-corrected chi connectivity index (χ1v) is 7.90. The molecule has 0 saturated heterocycles. The number of hydrogen-bond acceptors (Lipinski definition) is 3. The summed E-state index contributed by atoms with van der Waals surface area (Å²) >= 11 is 6.02. The average Bonchev–Trinajstić information content (AvgIpc) is 2.44. The van der Waals surface area contributed by atoms with Crippen molar-refractivity contribution in [2.45, 2.75) is 4.90 Å². The standard InChI is InChI=1S/C14H13ClN2O2S/c1-16-10-17(12-5-3-2-4-6-12)13-9-11(15)7-8-14(13)20(16,18)19/h2-9H,10H2,1H3. The van der Waals surface area contributed by atoms with E-state index in [4.69, 9.17) is 11.6 Å². The first kappa shape index (κ1) is 13.4. The van der Waals surface area contributed by atoms with E-state index in [-0.39, 0.29) is 11.6 Å². The first-order chi connectivity index (χ1) is 9.50. The van der Waals surface area contributed by atoms with Gasteiger partial charge in [-0.1, -0.05) is 29.8 Å². The van der Waals surface area contributed by atoms with Crippen LogP contribution in [0.3, 0.4) is 0 Å². The molecule has 0 amide bonds. The smallest absolute Gasteiger partial charge is 0.246 e. The van der Waals surface area contributed by atoms with Gasteiger partial charge in [-0.15, -0.1) is 0 Å². The minimum atomic E-state index is -3.45. The van der Waals surface area contributed by atoms with Crippen molar-refractivity contribution in [3.8, 4) is 0 Å². The zero-order valence-corrected chi connectivity index (χ0v) is 12.4. The monoisotopic (exact) mass is 308 g/mol. The van der Waals surface area contributed by atoms with Crippen molar-refractivity contribution in [1.29, 1.82) is 0 Å². The summed E-state index contributed by atoms with van der Waals surface area (Å²) < 4.78 is 26.0. The van der Waals surface area contributed by atoms with Crippen LogP contribution in [0.2, 0.25) is 5.02 Å². The maximum atomic E-state index is 12.3. The number of halogens is 1. The Morgan fingerprint density at radius 2 is 1.80 bits per heavy atom. The number of rotatable bonds is 1. The van der Waals surface area contributed by atoms with Crippen molar-refractivity contribution in [3.05, 3.63) is 53.6 Å². The van der Waals surface area contributed by atoms with Crippen LogP contribution >= 0.6 is 11.6 Å². The average molecular weight is 309 g/mol. The van der Waals surface area contributed by atoms with E-state index >= 15 is 0 Å². The molecule has 0 fully saturated rings. The van der Waals surface area contributed by atoms with Gasteiger partial charge in [0.1, 0.15) is 4.90 Å². The predicted molar refractivity (Wildman–Crippen MR) is 79.8 cm³/mol. The van der Waals surface area contributed by atoms with Crippen LogP contribution in [0.5, 0.6) is 0 Å². The minimum Gasteiger partial charge on any atom is -0.326 e. The lowest BCUT2D eigenvalue weighted by molar-refractivity contribution is 0.465. The van der Waals surface area contributed by atoms with Crippen molar-refractivity contribution < 1.29 is 8.42 Å². The maximum Gasteiger partial charge on any atom is 0.246 e. The highest BCUT2D eigenvalue weighted by atomic mass is 35.5. The lowest BCUT2D eigenvalue weighted by atomic mass is 10.2. The normalized spacial score (nSPS) is 17.8. The molecule has 0 unspecified atom stereocenters. The van der Waals surface area contributed by atoms with Gasteiger partial charge < -0.3 is 4.90 Å². The highest BCUT2D eigenvalue weighted by Gasteiger charge is 2.33. The molecule has 0 bridgehead atoms. The molecule has 0 atom stereocenters. The highest BCUT2D eigenvalue weighted by molar-refractivity contribution is 7.89.